The highest BCUT2D eigenvalue weighted by Crippen LogP contribution is 2.29. The van der Waals surface area contributed by atoms with Crippen molar-refractivity contribution in [1.29, 1.82) is 0 Å². The fraction of sp³-hybridized carbons (Fsp3) is 0.273. The van der Waals surface area contributed by atoms with Crippen LogP contribution in [-0.4, -0.2) is 31.7 Å². The van der Waals surface area contributed by atoms with Gasteiger partial charge < -0.3 is 20.7 Å². The van der Waals surface area contributed by atoms with Gasteiger partial charge in [-0.25, -0.2) is 4.79 Å². The molecule has 0 aromatic heterocycles. The number of benzene rings is 1. The molecule has 18 heavy (non-hydrogen) atoms. The van der Waals surface area contributed by atoms with Gasteiger partial charge in [0, 0.05) is 12.2 Å². The van der Waals surface area contributed by atoms with E-state index < -0.39 is 6.03 Å². The van der Waals surface area contributed by atoms with Crippen LogP contribution in [0.5, 0.6) is 0 Å². The lowest BCUT2D eigenvalue weighted by Gasteiger charge is -2.27. The first-order chi connectivity index (χ1) is 8.58. The van der Waals surface area contributed by atoms with Crippen LogP contribution in [0.3, 0.4) is 0 Å². The molecule has 1 heterocycles. The first-order valence-corrected chi connectivity index (χ1v) is 5.70. The topological polar surface area (TPSA) is 84.7 Å². The molecule has 0 radical (unpaired) electrons. The second-order valence-corrected chi connectivity index (χ2v) is 4.16. The predicted octanol–water partition coefficient (Wildman–Crippen LogP) is 1.19. The number of urea groups is 1. The highest BCUT2D eigenvalue weighted by atomic mass is 35.5. The number of hydrogen-bond acceptors (Lipinski definition) is 3. The van der Waals surface area contributed by atoms with E-state index in [0.717, 1.165) is 0 Å². The van der Waals surface area contributed by atoms with Crippen LogP contribution < -0.4 is 16.0 Å². The summed E-state index contributed by atoms with van der Waals surface area (Å²) in [6.45, 7) is 0.988. The molecule has 0 unspecified atom stereocenters. The minimum Gasteiger partial charge on any atom is -0.370 e. The Labute approximate surface area is 109 Å². The van der Waals surface area contributed by atoms with E-state index in [1.807, 2.05) is 0 Å². The molecule has 1 aromatic rings. The molecule has 6 nitrogen and oxygen atoms in total. The van der Waals surface area contributed by atoms with Crippen LogP contribution in [0.1, 0.15) is 0 Å². The van der Waals surface area contributed by atoms with Crippen molar-refractivity contribution >= 4 is 34.9 Å². The molecule has 1 saturated heterocycles. The lowest BCUT2D eigenvalue weighted by molar-refractivity contribution is -0.125. The van der Waals surface area contributed by atoms with Gasteiger partial charge in [0.15, 0.2) is 0 Å². The summed E-state index contributed by atoms with van der Waals surface area (Å²) in [4.78, 5) is 23.9. The number of carbonyl (C=O) groups is 2. The maximum atomic E-state index is 11.7. The Balaban J connectivity index is 2.23. The van der Waals surface area contributed by atoms with Gasteiger partial charge in [0.1, 0.15) is 6.61 Å². The monoisotopic (exact) mass is 269 g/mol. The minimum atomic E-state index is -0.665. The number of nitrogens with two attached hydrogens (primary N) is 1. The van der Waals surface area contributed by atoms with Crippen molar-refractivity contribution in [2.24, 2.45) is 5.73 Å². The van der Waals surface area contributed by atoms with E-state index in [9.17, 15) is 9.59 Å². The summed E-state index contributed by atoms with van der Waals surface area (Å²) in [5.41, 5.74) is 6.08. The Kier molecular flexibility index (Phi) is 3.69. The lowest BCUT2D eigenvalue weighted by Crippen LogP contribution is -2.41. The Morgan fingerprint density at radius 1 is 1.50 bits per heavy atom. The van der Waals surface area contributed by atoms with Gasteiger partial charge in [-0.2, -0.15) is 0 Å². The molecule has 0 aliphatic carbocycles. The van der Waals surface area contributed by atoms with Crippen molar-refractivity contribution in [3.8, 4) is 0 Å². The summed E-state index contributed by atoms with van der Waals surface area (Å²) in [5.74, 6) is -0.140. The number of hydrogen-bond donors (Lipinski definition) is 2. The Hall–Kier alpha value is -1.79. The molecular weight excluding hydrogens is 258 g/mol. The number of morpholine rings is 1. The number of nitrogens with one attached hydrogen (secondary N) is 1. The summed E-state index contributed by atoms with van der Waals surface area (Å²) in [7, 11) is 0. The zero-order valence-corrected chi connectivity index (χ0v) is 10.2. The SMILES string of the molecule is NC(=O)Nc1ccc(N2CCOCC2=O)c(Cl)c1. The fourth-order valence-corrected chi connectivity index (χ4v) is 2.00. The second kappa shape index (κ2) is 5.24. The van der Waals surface area contributed by atoms with Crippen LogP contribution >= 0.6 is 11.6 Å². The molecule has 1 fully saturated rings. The van der Waals surface area contributed by atoms with Gasteiger partial charge in [-0.1, -0.05) is 11.6 Å². The maximum absolute atomic E-state index is 11.7. The number of carbonyl (C=O) groups excluding carboxylic acids is 2. The van der Waals surface area contributed by atoms with Crippen LogP contribution in [0.2, 0.25) is 5.02 Å². The van der Waals surface area contributed by atoms with Crippen LogP contribution in [-0.2, 0) is 9.53 Å². The summed E-state index contributed by atoms with van der Waals surface area (Å²) >= 11 is 6.08. The zero-order chi connectivity index (χ0) is 13.1. The second-order valence-electron chi connectivity index (χ2n) is 3.75. The van der Waals surface area contributed by atoms with Gasteiger partial charge in [-0.3, -0.25) is 4.79 Å². The molecule has 3 amide bonds. The predicted molar refractivity (Wildman–Crippen MR) is 67.8 cm³/mol. The maximum Gasteiger partial charge on any atom is 0.316 e. The van der Waals surface area contributed by atoms with E-state index in [1.165, 1.54) is 0 Å². The molecule has 0 bridgehead atoms. The van der Waals surface area contributed by atoms with Crippen LogP contribution in [0.15, 0.2) is 18.2 Å². The Morgan fingerprint density at radius 3 is 2.89 bits per heavy atom. The number of amides is 3. The van der Waals surface area contributed by atoms with E-state index >= 15 is 0 Å². The molecule has 0 spiro atoms. The largest absolute Gasteiger partial charge is 0.370 e. The molecule has 7 heteroatoms. The van der Waals surface area contributed by atoms with Crippen molar-refractivity contribution in [2.75, 3.05) is 30.0 Å². The normalized spacial score (nSPS) is 15.6. The fourth-order valence-electron chi connectivity index (χ4n) is 1.72. The molecule has 3 N–H and O–H groups in total. The van der Waals surface area contributed by atoms with Gasteiger partial charge in [0.25, 0.3) is 5.91 Å². The highest BCUT2D eigenvalue weighted by molar-refractivity contribution is 6.34. The first-order valence-electron chi connectivity index (χ1n) is 5.32. The van der Waals surface area contributed by atoms with Crippen LogP contribution in [0.4, 0.5) is 16.2 Å². The third kappa shape index (κ3) is 2.72. The summed E-state index contributed by atoms with van der Waals surface area (Å²) < 4.78 is 5.04. The van der Waals surface area contributed by atoms with Crippen molar-refractivity contribution in [1.82, 2.24) is 0 Å². The van der Waals surface area contributed by atoms with Crippen molar-refractivity contribution in [2.45, 2.75) is 0 Å². The molecule has 1 aromatic carbocycles. The molecular formula is C11H12ClN3O3. The highest BCUT2D eigenvalue weighted by Gasteiger charge is 2.22. The first kappa shape index (κ1) is 12.7. The molecule has 1 aliphatic heterocycles. The van der Waals surface area contributed by atoms with Crippen LogP contribution in [0, 0.1) is 0 Å². The smallest absolute Gasteiger partial charge is 0.316 e. The third-order valence-corrected chi connectivity index (χ3v) is 2.79. The van der Waals surface area contributed by atoms with Gasteiger partial charge in [-0.15, -0.1) is 0 Å². The number of ether oxygens (including phenoxy) is 1. The summed E-state index contributed by atoms with van der Waals surface area (Å²) in [6, 6.07) is 4.18. The lowest BCUT2D eigenvalue weighted by atomic mass is 10.2. The molecule has 0 atom stereocenters. The van der Waals surface area contributed by atoms with Gasteiger partial charge >= 0.3 is 6.03 Å². The third-order valence-electron chi connectivity index (χ3n) is 2.49. The average Bonchev–Trinajstić information content (AvgIpc) is 2.30. The summed E-state index contributed by atoms with van der Waals surface area (Å²) in [5, 5.41) is 2.78. The van der Waals surface area contributed by atoms with E-state index in [4.69, 9.17) is 22.1 Å². The number of nitrogens with zero attached hydrogens (tertiary/aromatic N) is 1. The van der Waals surface area contributed by atoms with E-state index in [2.05, 4.69) is 5.32 Å². The van der Waals surface area contributed by atoms with Crippen molar-refractivity contribution < 1.29 is 14.3 Å². The summed E-state index contributed by atoms with van der Waals surface area (Å²) in [6.07, 6.45) is 0. The van der Waals surface area contributed by atoms with E-state index in [1.54, 1.807) is 23.1 Å². The number of rotatable bonds is 2. The molecule has 1 aliphatic rings. The number of anilines is 2. The Bertz CT molecular complexity index is 492. The standard InChI is InChI=1S/C11H12ClN3O3/c12-8-5-7(14-11(13)17)1-2-9(8)15-3-4-18-6-10(15)16/h1-2,5H,3-4,6H2,(H3,13,14,17). The number of primary amides is 1. The molecule has 2 rings (SSSR count). The van der Waals surface area contributed by atoms with Gasteiger partial charge in [0.2, 0.25) is 0 Å². The van der Waals surface area contributed by atoms with E-state index in [-0.39, 0.29) is 12.5 Å². The zero-order valence-electron chi connectivity index (χ0n) is 9.48. The molecule has 96 valence electrons. The van der Waals surface area contributed by atoms with E-state index in [0.29, 0.717) is 29.5 Å². The van der Waals surface area contributed by atoms with Gasteiger partial charge in [0.05, 0.1) is 17.3 Å². The number of halogens is 1. The molecule has 0 saturated carbocycles. The Morgan fingerprint density at radius 2 is 2.28 bits per heavy atom. The minimum absolute atomic E-state index is 0.0532. The van der Waals surface area contributed by atoms with Gasteiger partial charge in [-0.05, 0) is 18.2 Å². The average molecular weight is 270 g/mol. The van der Waals surface area contributed by atoms with Crippen molar-refractivity contribution in [3.63, 3.8) is 0 Å². The quantitative estimate of drug-likeness (QED) is 0.846. The van der Waals surface area contributed by atoms with Crippen molar-refractivity contribution in [3.05, 3.63) is 23.2 Å². The van der Waals surface area contributed by atoms with Crippen LogP contribution in [0.25, 0.3) is 0 Å².